The molecule has 20 heavy (non-hydrogen) atoms. The molecular weight excluding hydrogens is 272 g/mol. The Morgan fingerprint density at radius 1 is 1.15 bits per heavy atom. The van der Waals surface area contributed by atoms with Gasteiger partial charge in [0.05, 0.1) is 0 Å². The van der Waals surface area contributed by atoms with Crippen molar-refractivity contribution < 1.29 is 4.42 Å². The van der Waals surface area contributed by atoms with E-state index in [1.165, 1.54) is 0 Å². The summed E-state index contributed by atoms with van der Waals surface area (Å²) in [5, 5.41) is 9.88. The van der Waals surface area contributed by atoms with Crippen LogP contribution in [0.25, 0.3) is 22.7 Å². The van der Waals surface area contributed by atoms with Crippen LogP contribution in [0.5, 0.6) is 0 Å². The zero-order valence-corrected chi connectivity index (χ0v) is 11.1. The van der Waals surface area contributed by atoms with Crippen LogP contribution in [0, 0.1) is 11.3 Å². The summed E-state index contributed by atoms with van der Waals surface area (Å²) in [6, 6.07) is 16.8. The van der Waals surface area contributed by atoms with Crippen molar-refractivity contribution in [2.24, 2.45) is 0 Å². The highest BCUT2D eigenvalue weighted by molar-refractivity contribution is 6.32. The number of allylic oxidation sites excluding steroid dienone is 1. The van der Waals surface area contributed by atoms with Crippen LogP contribution in [0.2, 0.25) is 5.02 Å². The summed E-state index contributed by atoms with van der Waals surface area (Å²) in [5.74, 6) is 0.300. The highest BCUT2D eigenvalue weighted by Crippen LogP contribution is 2.24. The van der Waals surface area contributed by atoms with Crippen LogP contribution in [-0.4, -0.2) is 4.98 Å². The Bertz CT molecular complexity index is 810. The molecule has 0 aliphatic heterocycles. The number of nitriles is 1. The SMILES string of the molecule is N#CC(=Cc1ccccc1Cl)c1nc2ccccc2o1. The molecule has 0 N–H and O–H groups in total. The molecule has 1 aromatic heterocycles. The van der Waals surface area contributed by atoms with Crippen molar-refractivity contribution in [3.05, 3.63) is 65.0 Å². The minimum atomic E-state index is 0.300. The van der Waals surface area contributed by atoms with E-state index in [2.05, 4.69) is 11.1 Å². The van der Waals surface area contributed by atoms with E-state index in [-0.39, 0.29) is 0 Å². The Hall–Kier alpha value is -2.57. The quantitative estimate of drug-likeness (QED) is 0.647. The zero-order chi connectivity index (χ0) is 13.9. The summed E-state index contributed by atoms with van der Waals surface area (Å²) in [6.07, 6.45) is 1.67. The molecule has 4 heteroatoms. The average Bonchev–Trinajstić information content (AvgIpc) is 2.90. The molecule has 3 aromatic rings. The standard InChI is InChI=1S/C16H9ClN2O/c17-13-6-2-1-5-11(13)9-12(10-18)16-19-14-7-3-4-8-15(14)20-16/h1-9H. The smallest absolute Gasteiger partial charge is 0.238 e. The van der Waals surface area contributed by atoms with Crippen molar-refractivity contribution in [2.75, 3.05) is 0 Å². The van der Waals surface area contributed by atoms with Crippen LogP contribution in [0.1, 0.15) is 11.5 Å². The first-order valence-corrected chi connectivity index (χ1v) is 6.38. The topological polar surface area (TPSA) is 49.8 Å². The van der Waals surface area contributed by atoms with Gasteiger partial charge >= 0.3 is 0 Å². The Kier molecular flexibility index (Phi) is 3.24. The van der Waals surface area contributed by atoms with E-state index in [9.17, 15) is 5.26 Å². The number of halogens is 1. The number of benzene rings is 2. The Labute approximate surface area is 120 Å². The predicted octanol–water partition coefficient (Wildman–Crippen LogP) is 4.55. The molecule has 0 radical (unpaired) electrons. The van der Waals surface area contributed by atoms with Crippen LogP contribution in [-0.2, 0) is 0 Å². The number of fused-ring (bicyclic) bond motifs is 1. The van der Waals surface area contributed by atoms with Crippen molar-refractivity contribution in [1.29, 1.82) is 5.26 Å². The average molecular weight is 281 g/mol. The second kappa shape index (κ2) is 5.20. The molecule has 0 spiro atoms. The summed E-state index contributed by atoms with van der Waals surface area (Å²) in [4.78, 5) is 4.31. The number of aromatic nitrogens is 1. The van der Waals surface area contributed by atoms with Crippen LogP contribution in [0.3, 0.4) is 0 Å². The lowest BCUT2D eigenvalue weighted by molar-refractivity contribution is 0.586. The van der Waals surface area contributed by atoms with E-state index < -0.39 is 0 Å². The minimum Gasteiger partial charge on any atom is -0.435 e. The van der Waals surface area contributed by atoms with Gasteiger partial charge in [-0.25, -0.2) is 4.98 Å². The first-order chi connectivity index (χ1) is 9.78. The fourth-order valence-electron chi connectivity index (χ4n) is 1.88. The second-order valence-electron chi connectivity index (χ2n) is 4.18. The molecule has 3 nitrogen and oxygen atoms in total. The van der Waals surface area contributed by atoms with E-state index in [4.69, 9.17) is 16.0 Å². The van der Waals surface area contributed by atoms with E-state index in [0.717, 1.165) is 11.1 Å². The normalized spacial score (nSPS) is 11.5. The van der Waals surface area contributed by atoms with Gasteiger partial charge in [0.15, 0.2) is 5.58 Å². The number of rotatable bonds is 2. The van der Waals surface area contributed by atoms with E-state index in [1.54, 1.807) is 12.1 Å². The van der Waals surface area contributed by atoms with Crippen molar-refractivity contribution in [3.63, 3.8) is 0 Å². The van der Waals surface area contributed by atoms with Crippen molar-refractivity contribution in [3.8, 4) is 6.07 Å². The van der Waals surface area contributed by atoms with Crippen molar-refractivity contribution in [2.45, 2.75) is 0 Å². The highest BCUT2D eigenvalue weighted by Gasteiger charge is 2.10. The fourth-order valence-corrected chi connectivity index (χ4v) is 2.07. The summed E-state index contributed by atoms with van der Waals surface area (Å²) in [7, 11) is 0. The molecule has 2 aromatic carbocycles. The van der Waals surface area contributed by atoms with Crippen LogP contribution < -0.4 is 0 Å². The van der Waals surface area contributed by atoms with Gasteiger partial charge in [-0.1, -0.05) is 41.9 Å². The first-order valence-electron chi connectivity index (χ1n) is 6.00. The van der Waals surface area contributed by atoms with Gasteiger partial charge in [-0.2, -0.15) is 5.26 Å². The van der Waals surface area contributed by atoms with Crippen LogP contribution in [0.4, 0.5) is 0 Å². The molecule has 96 valence electrons. The number of oxazole rings is 1. The maximum absolute atomic E-state index is 9.30. The predicted molar refractivity (Wildman–Crippen MR) is 78.9 cm³/mol. The fraction of sp³-hybridized carbons (Fsp3) is 0. The molecule has 0 amide bonds. The van der Waals surface area contributed by atoms with E-state index >= 15 is 0 Å². The third-order valence-electron chi connectivity index (χ3n) is 2.85. The summed E-state index contributed by atoms with van der Waals surface area (Å²) < 4.78 is 5.59. The molecule has 0 bridgehead atoms. The maximum atomic E-state index is 9.30. The van der Waals surface area contributed by atoms with Gasteiger partial charge in [-0.05, 0) is 29.8 Å². The van der Waals surface area contributed by atoms with Crippen molar-refractivity contribution >= 4 is 34.3 Å². The third kappa shape index (κ3) is 2.29. The minimum absolute atomic E-state index is 0.300. The van der Waals surface area contributed by atoms with E-state index in [0.29, 0.717) is 22.1 Å². The number of hydrogen-bond donors (Lipinski definition) is 0. The zero-order valence-electron chi connectivity index (χ0n) is 10.4. The third-order valence-corrected chi connectivity index (χ3v) is 3.19. The molecule has 3 rings (SSSR count). The van der Waals surface area contributed by atoms with Gasteiger partial charge in [-0.15, -0.1) is 0 Å². The molecule has 0 fully saturated rings. The molecule has 0 aliphatic carbocycles. The largest absolute Gasteiger partial charge is 0.435 e. The van der Waals surface area contributed by atoms with E-state index in [1.807, 2.05) is 42.5 Å². The molecule has 1 heterocycles. The lowest BCUT2D eigenvalue weighted by Gasteiger charge is -1.97. The Balaban J connectivity index is 2.10. The first kappa shape index (κ1) is 12.5. The molecule has 0 unspecified atom stereocenters. The number of para-hydroxylation sites is 2. The summed E-state index contributed by atoms with van der Waals surface area (Å²) in [6.45, 7) is 0. The van der Waals surface area contributed by atoms with Gasteiger partial charge in [-0.3, -0.25) is 0 Å². The van der Waals surface area contributed by atoms with Gasteiger partial charge < -0.3 is 4.42 Å². The number of hydrogen-bond acceptors (Lipinski definition) is 3. The molecule has 0 saturated heterocycles. The highest BCUT2D eigenvalue weighted by atomic mass is 35.5. The Morgan fingerprint density at radius 2 is 1.90 bits per heavy atom. The van der Waals surface area contributed by atoms with Crippen molar-refractivity contribution in [1.82, 2.24) is 4.98 Å². The van der Waals surface area contributed by atoms with Gasteiger partial charge in [0.2, 0.25) is 5.89 Å². The molecular formula is C16H9ClN2O. The molecule has 0 aliphatic rings. The van der Waals surface area contributed by atoms with Gasteiger partial charge in [0, 0.05) is 5.02 Å². The lowest BCUT2D eigenvalue weighted by Crippen LogP contribution is -1.82. The molecule has 0 atom stereocenters. The van der Waals surface area contributed by atoms with Gasteiger partial charge in [0.25, 0.3) is 0 Å². The van der Waals surface area contributed by atoms with Crippen LogP contribution >= 0.6 is 11.6 Å². The summed E-state index contributed by atoms with van der Waals surface area (Å²) >= 11 is 6.09. The second-order valence-corrected chi connectivity index (χ2v) is 4.59. The monoisotopic (exact) mass is 280 g/mol. The Morgan fingerprint density at radius 3 is 2.65 bits per heavy atom. The lowest BCUT2D eigenvalue weighted by atomic mass is 10.1. The van der Waals surface area contributed by atoms with Gasteiger partial charge in [0.1, 0.15) is 17.2 Å². The molecule has 0 saturated carbocycles. The summed E-state index contributed by atoms with van der Waals surface area (Å²) in [5.41, 5.74) is 2.48. The maximum Gasteiger partial charge on any atom is 0.238 e. The van der Waals surface area contributed by atoms with Crippen LogP contribution in [0.15, 0.2) is 52.9 Å². The number of nitrogens with zero attached hydrogens (tertiary/aromatic N) is 2.